The highest BCUT2D eigenvalue weighted by atomic mass is 16.5. The van der Waals surface area contributed by atoms with E-state index in [1.165, 1.54) is 4.90 Å². The van der Waals surface area contributed by atoms with Crippen LogP contribution in [-0.2, 0) is 14.3 Å². The molecule has 1 amide bonds. The van der Waals surface area contributed by atoms with Crippen molar-refractivity contribution < 1.29 is 19.4 Å². The number of ether oxygens (including phenoxy) is 1. The minimum absolute atomic E-state index is 0.0625. The van der Waals surface area contributed by atoms with Gasteiger partial charge in [-0.3, -0.25) is 4.79 Å². The fourth-order valence-corrected chi connectivity index (χ4v) is 2.67. The van der Waals surface area contributed by atoms with Crippen LogP contribution in [0, 0.1) is 11.8 Å². The molecule has 1 aliphatic rings. The number of methoxy groups -OCH3 is 1. The Hall–Kier alpha value is -1.10. The largest absolute Gasteiger partial charge is 0.480 e. The summed E-state index contributed by atoms with van der Waals surface area (Å²) in [5.74, 6) is -0.264. The quantitative estimate of drug-likeness (QED) is 0.799. The summed E-state index contributed by atoms with van der Waals surface area (Å²) < 4.78 is 5.19. The minimum atomic E-state index is -0.939. The monoisotopic (exact) mass is 271 g/mol. The molecule has 5 heteroatoms. The Labute approximate surface area is 114 Å². The van der Waals surface area contributed by atoms with Gasteiger partial charge in [0, 0.05) is 26.5 Å². The summed E-state index contributed by atoms with van der Waals surface area (Å²) in [5.41, 5.74) is 0. The molecule has 1 N–H and O–H groups in total. The second-order valence-corrected chi connectivity index (χ2v) is 5.61. The summed E-state index contributed by atoms with van der Waals surface area (Å²) in [6, 6.07) is -0.734. The molecule has 110 valence electrons. The molecule has 19 heavy (non-hydrogen) atoms. The van der Waals surface area contributed by atoms with E-state index in [1.807, 2.05) is 0 Å². The summed E-state index contributed by atoms with van der Waals surface area (Å²) in [4.78, 5) is 25.0. The zero-order valence-electron chi connectivity index (χ0n) is 12.3. The predicted molar refractivity (Wildman–Crippen MR) is 71.8 cm³/mol. The highest BCUT2D eigenvalue weighted by Gasteiger charge is 2.40. The van der Waals surface area contributed by atoms with Gasteiger partial charge in [0.1, 0.15) is 6.04 Å². The number of carboxylic acids is 1. The second kappa shape index (κ2) is 6.89. The highest BCUT2D eigenvalue weighted by Crippen LogP contribution is 2.25. The second-order valence-electron chi connectivity index (χ2n) is 5.61. The van der Waals surface area contributed by atoms with E-state index in [1.54, 1.807) is 7.11 Å². The van der Waals surface area contributed by atoms with Crippen molar-refractivity contribution in [2.45, 2.75) is 52.2 Å². The molecule has 1 fully saturated rings. The molecule has 0 bridgehead atoms. The van der Waals surface area contributed by atoms with Gasteiger partial charge in [0.15, 0.2) is 0 Å². The Morgan fingerprint density at radius 2 is 2.05 bits per heavy atom. The molecule has 0 radical (unpaired) electrons. The van der Waals surface area contributed by atoms with Gasteiger partial charge in [0.2, 0.25) is 5.91 Å². The summed E-state index contributed by atoms with van der Waals surface area (Å²) in [6.07, 6.45) is 1.58. The number of carbonyl (C=O) groups is 2. The number of likely N-dealkylation sites (tertiary alicyclic amines) is 1. The van der Waals surface area contributed by atoms with Crippen molar-refractivity contribution in [2.75, 3.05) is 13.7 Å². The van der Waals surface area contributed by atoms with Crippen LogP contribution in [0.25, 0.3) is 0 Å². The molecule has 1 saturated heterocycles. The molecule has 1 heterocycles. The summed E-state index contributed by atoms with van der Waals surface area (Å²) in [5, 5.41) is 9.20. The van der Waals surface area contributed by atoms with E-state index < -0.39 is 12.0 Å². The van der Waals surface area contributed by atoms with Crippen molar-refractivity contribution in [1.29, 1.82) is 0 Å². The number of amides is 1. The number of carbonyl (C=O) groups excluding carboxylic acids is 1. The first kappa shape index (κ1) is 16.0. The van der Waals surface area contributed by atoms with Gasteiger partial charge in [-0.25, -0.2) is 4.79 Å². The number of hydrogen-bond donors (Lipinski definition) is 1. The third kappa shape index (κ3) is 3.93. The number of hydrogen-bond acceptors (Lipinski definition) is 3. The van der Waals surface area contributed by atoms with E-state index in [2.05, 4.69) is 20.8 Å². The van der Waals surface area contributed by atoms with Crippen molar-refractivity contribution in [3.05, 3.63) is 0 Å². The fourth-order valence-electron chi connectivity index (χ4n) is 2.67. The lowest BCUT2D eigenvalue weighted by molar-refractivity contribution is -0.148. The number of nitrogens with zero attached hydrogens (tertiary/aromatic N) is 1. The average Bonchev–Trinajstić information content (AvgIpc) is 2.79. The molecular weight excluding hydrogens is 246 g/mol. The molecule has 5 nitrogen and oxygen atoms in total. The van der Waals surface area contributed by atoms with Crippen molar-refractivity contribution in [3.63, 3.8) is 0 Å². The molecule has 1 aliphatic heterocycles. The standard InChI is InChI=1S/C14H25NO4/c1-5-10(9(2)3)6-13(16)15-8-11(19-4)7-12(15)14(17)18/h9-12H,5-8H2,1-4H3,(H,17,18). The van der Waals surface area contributed by atoms with Gasteiger partial charge in [-0.2, -0.15) is 0 Å². The number of carboxylic acid groups (broad SMARTS) is 1. The molecule has 1 rings (SSSR count). The van der Waals surface area contributed by atoms with Crippen LogP contribution in [0.1, 0.15) is 40.0 Å². The third-order valence-electron chi connectivity index (χ3n) is 4.11. The predicted octanol–water partition coefficient (Wildman–Crippen LogP) is 1.76. The van der Waals surface area contributed by atoms with Crippen LogP contribution in [0.15, 0.2) is 0 Å². The van der Waals surface area contributed by atoms with Crippen molar-refractivity contribution in [1.82, 2.24) is 4.90 Å². The normalized spacial score (nSPS) is 24.8. The third-order valence-corrected chi connectivity index (χ3v) is 4.11. The van der Waals surface area contributed by atoms with Crippen molar-refractivity contribution in [3.8, 4) is 0 Å². The lowest BCUT2D eigenvalue weighted by Gasteiger charge is -2.25. The van der Waals surface area contributed by atoms with Crippen molar-refractivity contribution >= 4 is 11.9 Å². The van der Waals surface area contributed by atoms with Crippen LogP contribution in [0.2, 0.25) is 0 Å². The van der Waals surface area contributed by atoms with E-state index in [9.17, 15) is 14.7 Å². The Bertz CT molecular complexity index is 329. The van der Waals surface area contributed by atoms with E-state index in [0.29, 0.717) is 31.2 Å². The van der Waals surface area contributed by atoms with Crippen LogP contribution >= 0.6 is 0 Å². The Balaban J connectivity index is 2.71. The van der Waals surface area contributed by atoms with Crippen LogP contribution in [0.4, 0.5) is 0 Å². The molecule has 0 saturated carbocycles. The van der Waals surface area contributed by atoms with Crippen LogP contribution < -0.4 is 0 Å². The molecule has 0 spiro atoms. The first-order valence-corrected chi connectivity index (χ1v) is 6.95. The lowest BCUT2D eigenvalue weighted by atomic mass is 9.89. The lowest BCUT2D eigenvalue weighted by Crippen LogP contribution is -2.41. The maximum atomic E-state index is 12.3. The van der Waals surface area contributed by atoms with Gasteiger partial charge in [-0.05, 0) is 11.8 Å². The maximum absolute atomic E-state index is 12.3. The molecule has 0 aromatic rings. The van der Waals surface area contributed by atoms with Crippen molar-refractivity contribution in [2.24, 2.45) is 11.8 Å². The average molecular weight is 271 g/mol. The smallest absolute Gasteiger partial charge is 0.326 e. The van der Waals surface area contributed by atoms with Gasteiger partial charge in [0.25, 0.3) is 0 Å². The number of aliphatic carboxylic acids is 1. The van der Waals surface area contributed by atoms with E-state index in [4.69, 9.17) is 4.74 Å². The van der Waals surface area contributed by atoms with E-state index in [0.717, 1.165) is 6.42 Å². The Morgan fingerprint density at radius 1 is 1.42 bits per heavy atom. The van der Waals surface area contributed by atoms with Gasteiger partial charge in [0.05, 0.1) is 6.10 Å². The summed E-state index contributed by atoms with van der Waals surface area (Å²) in [6.45, 7) is 6.64. The van der Waals surface area contributed by atoms with E-state index >= 15 is 0 Å². The summed E-state index contributed by atoms with van der Waals surface area (Å²) >= 11 is 0. The first-order valence-electron chi connectivity index (χ1n) is 6.95. The molecule has 3 atom stereocenters. The SMILES string of the molecule is CCC(CC(=O)N1CC(OC)CC1C(=O)O)C(C)C. The maximum Gasteiger partial charge on any atom is 0.326 e. The Morgan fingerprint density at radius 3 is 2.47 bits per heavy atom. The fraction of sp³-hybridized carbons (Fsp3) is 0.857. The Kier molecular flexibility index (Phi) is 5.79. The number of rotatable bonds is 6. The molecule has 0 aliphatic carbocycles. The zero-order valence-corrected chi connectivity index (χ0v) is 12.3. The van der Waals surface area contributed by atoms with Crippen LogP contribution in [0.5, 0.6) is 0 Å². The van der Waals surface area contributed by atoms with Gasteiger partial charge in [-0.15, -0.1) is 0 Å². The van der Waals surface area contributed by atoms with E-state index in [-0.39, 0.29) is 12.0 Å². The molecule has 0 aromatic heterocycles. The molecule has 0 aromatic carbocycles. The molecular formula is C14H25NO4. The highest BCUT2D eigenvalue weighted by molar-refractivity contribution is 5.84. The van der Waals surface area contributed by atoms with Gasteiger partial charge >= 0.3 is 5.97 Å². The van der Waals surface area contributed by atoms with Crippen LogP contribution in [0.3, 0.4) is 0 Å². The minimum Gasteiger partial charge on any atom is -0.480 e. The zero-order chi connectivity index (χ0) is 14.6. The topological polar surface area (TPSA) is 66.8 Å². The van der Waals surface area contributed by atoms with Gasteiger partial charge in [-0.1, -0.05) is 27.2 Å². The van der Waals surface area contributed by atoms with Crippen LogP contribution in [-0.4, -0.2) is 47.7 Å². The first-order chi connectivity index (χ1) is 8.90. The molecule has 3 unspecified atom stereocenters. The van der Waals surface area contributed by atoms with Gasteiger partial charge < -0.3 is 14.7 Å². The summed E-state index contributed by atoms with van der Waals surface area (Å²) in [7, 11) is 1.56.